The Hall–Kier alpha value is -6.38. The number of carboxylic acid groups (broad SMARTS) is 1. The highest BCUT2D eigenvalue weighted by molar-refractivity contribution is 5.79. The number of rotatable bonds is 10. The van der Waals surface area contributed by atoms with Gasteiger partial charge in [-0.15, -0.1) is 0 Å². The Kier molecular flexibility index (Phi) is 14.5. The number of aliphatic carboxylic acids is 1. The molecule has 0 unspecified atom stereocenters. The van der Waals surface area contributed by atoms with E-state index in [1.807, 2.05) is 62.4 Å². The average Bonchev–Trinajstić information content (AvgIpc) is 3.84. The number of halogens is 2. The maximum Gasteiger partial charge on any atom is 0.303 e. The molecule has 0 radical (unpaired) electrons. The molecule has 0 aliphatic carbocycles. The van der Waals surface area contributed by atoms with Crippen molar-refractivity contribution in [3.05, 3.63) is 143 Å². The van der Waals surface area contributed by atoms with Gasteiger partial charge in [-0.05, 0) is 112 Å². The van der Waals surface area contributed by atoms with E-state index in [-0.39, 0.29) is 36.0 Å². The summed E-state index contributed by atoms with van der Waals surface area (Å²) in [6.45, 7) is 12.8. The summed E-state index contributed by atoms with van der Waals surface area (Å²) in [5, 5.41) is 11.3. The molecule has 4 aromatic carbocycles. The van der Waals surface area contributed by atoms with E-state index < -0.39 is 11.5 Å². The van der Waals surface area contributed by atoms with Crippen molar-refractivity contribution in [2.75, 3.05) is 33.9 Å². The zero-order valence-electron chi connectivity index (χ0n) is 37.0. The number of nitrogens with two attached hydrogens (primary N) is 1. The van der Waals surface area contributed by atoms with Gasteiger partial charge in [0.2, 0.25) is 5.91 Å². The van der Waals surface area contributed by atoms with Gasteiger partial charge in [0.15, 0.2) is 0 Å². The molecule has 332 valence electrons. The summed E-state index contributed by atoms with van der Waals surface area (Å²) in [5.41, 5.74) is 12.9. The third-order valence-corrected chi connectivity index (χ3v) is 11.5. The molecule has 0 saturated carbocycles. The fraction of sp³-hybridized carbons (Fsp3) is 0.347. The van der Waals surface area contributed by atoms with Gasteiger partial charge < -0.3 is 39.7 Å². The fourth-order valence-electron chi connectivity index (χ4n) is 8.01. The van der Waals surface area contributed by atoms with E-state index in [1.165, 1.54) is 29.8 Å². The molecular formula is C49H57F2N7O5. The number of amides is 1. The summed E-state index contributed by atoms with van der Waals surface area (Å²) >= 11 is 0. The zero-order chi connectivity index (χ0) is 45.5. The number of carboxylic acids is 1. The van der Waals surface area contributed by atoms with Gasteiger partial charge in [0.25, 0.3) is 0 Å². The number of fused-ring (bicyclic) bond motifs is 2. The smallest absolute Gasteiger partial charge is 0.303 e. The van der Waals surface area contributed by atoms with Crippen LogP contribution in [0.1, 0.15) is 75.2 Å². The quantitative estimate of drug-likeness (QED) is 0.125. The molecule has 12 nitrogen and oxygen atoms in total. The lowest BCUT2D eigenvalue weighted by molar-refractivity contribution is -0.137. The van der Waals surface area contributed by atoms with Crippen molar-refractivity contribution in [3.63, 3.8) is 0 Å². The summed E-state index contributed by atoms with van der Waals surface area (Å²) in [5.74, 6) is 2.11. The van der Waals surface area contributed by atoms with E-state index in [4.69, 9.17) is 30.3 Å². The number of hydrogen-bond donors (Lipinski definition) is 3. The Labute approximate surface area is 367 Å². The largest absolute Gasteiger partial charge is 0.497 e. The first-order chi connectivity index (χ1) is 30.1. The topological polar surface area (TPSA) is 150 Å². The van der Waals surface area contributed by atoms with Gasteiger partial charge in [0, 0.05) is 62.3 Å². The first-order valence-corrected chi connectivity index (χ1v) is 21.0. The van der Waals surface area contributed by atoms with Crippen LogP contribution in [0.4, 0.5) is 8.78 Å². The summed E-state index contributed by atoms with van der Waals surface area (Å²) in [6, 6.07) is 29.0. The monoisotopic (exact) mass is 861 g/mol. The molecule has 0 bridgehead atoms. The van der Waals surface area contributed by atoms with Crippen LogP contribution in [0.3, 0.4) is 0 Å². The molecule has 0 fully saturated rings. The minimum absolute atomic E-state index is 0.0341. The van der Waals surface area contributed by atoms with Gasteiger partial charge in [-0.2, -0.15) is 0 Å². The van der Waals surface area contributed by atoms with Crippen LogP contribution in [0.2, 0.25) is 0 Å². The van der Waals surface area contributed by atoms with E-state index in [9.17, 15) is 18.4 Å². The Balaban J connectivity index is 0.000000191. The van der Waals surface area contributed by atoms with Crippen LogP contribution in [-0.4, -0.2) is 74.8 Å². The second-order valence-corrected chi connectivity index (χ2v) is 16.4. The summed E-state index contributed by atoms with van der Waals surface area (Å²) in [4.78, 5) is 33.6. The molecule has 4 N–H and O–H groups in total. The second kappa shape index (κ2) is 19.8. The molecule has 2 aliphatic heterocycles. The first kappa shape index (κ1) is 46.1. The zero-order valence-corrected chi connectivity index (χ0v) is 37.0. The number of carbonyl (C=O) groups is 2. The fourth-order valence-corrected chi connectivity index (χ4v) is 8.01. The van der Waals surface area contributed by atoms with Gasteiger partial charge in [-0.3, -0.25) is 9.59 Å². The van der Waals surface area contributed by atoms with Crippen molar-refractivity contribution in [2.45, 2.75) is 78.0 Å². The number of ether oxygens (including phenoxy) is 2. The minimum atomic E-state index is -0.745. The van der Waals surface area contributed by atoms with Crippen molar-refractivity contribution in [3.8, 4) is 34.0 Å². The Bertz CT molecular complexity index is 2500. The van der Waals surface area contributed by atoms with E-state index in [2.05, 4.69) is 40.4 Å². The van der Waals surface area contributed by atoms with Crippen molar-refractivity contribution in [1.29, 1.82) is 0 Å². The van der Waals surface area contributed by atoms with Crippen LogP contribution >= 0.6 is 0 Å². The number of benzene rings is 4. The molecule has 4 heterocycles. The molecule has 1 amide bonds. The van der Waals surface area contributed by atoms with Crippen LogP contribution in [0, 0.1) is 11.6 Å². The second-order valence-electron chi connectivity index (χ2n) is 16.4. The summed E-state index contributed by atoms with van der Waals surface area (Å²) in [6.07, 6.45) is 1.64. The first-order valence-electron chi connectivity index (χ1n) is 21.0. The van der Waals surface area contributed by atoms with Gasteiger partial charge in [0.05, 0.1) is 48.9 Å². The third-order valence-electron chi connectivity index (χ3n) is 11.5. The Morgan fingerprint density at radius 3 is 1.54 bits per heavy atom. The maximum absolute atomic E-state index is 13.6. The number of hydrogen-bond acceptors (Lipinski definition) is 8. The molecule has 0 spiro atoms. The molecule has 2 aliphatic rings. The number of aromatic nitrogens is 4. The normalized spacial score (nSPS) is 14.5. The summed E-state index contributed by atoms with van der Waals surface area (Å²) in [7, 11) is 3.32. The lowest BCUT2D eigenvalue weighted by Gasteiger charge is -2.42. The van der Waals surface area contributed by atoms with Gasteiger partial charge in [-0.1, -0.05) is 31.2 Å². The molecule has 0 saturated heterocycles. The van der Waals surface area contributed by atoms with E-state index >= 15 is 0 Å². The lowest BCUT2D eigenvalue weighted by Crippen LogP contribution is -2.53. The van der Waals surface area contributed by atoms with Crippen LogP contribution in [-0.2, 0) is 46.6 Å². The van der Waals surface area contributed by atoms with Gasteiger partial charge in [-0.25, -0.2) is 18.7 Å². The number of methoxy groups -OCH3 is 2. The Morgan fingerprint density at radius 2 is 1.13 bits per heavy atom. The van der Waals surface area contributed by atoms with E-state index in [1.54, 1.807) is 38.2 Å². The van der Waals surface area contributed by atoms with Crippen LogP contribution < -0.4 is 20.5 Å². The molecule has 63 heavy (non-hydrogen) atoms. The van der Waals surface area contributed by atoms with Crippen LogP contribution in [0.15, 0.2) is 97.1 Å². The minimum Gasteiger partial charge on any atom is -0.497 e. The van der Waals surface area contributed by atoms with Gasteiger partial charge in [0.1, 0.15) is 34.8 Å². The van der Waals surface area contributed by atoms with E-state index in [0.717, 1.165) is 82.1 Å². The molecule has 2 aromatic heterocycles. The lowest BCUT2D eigenvalue weighted by atomic mass is 9.98. The van der Waals surface area contributed by atoms with Crippen LogP contribution in [0.5, 0.6) is 11.5 Å². The molecule has 14 heteroatoms. The highest BCUT2D eigenvalue weighted by Crippen LogP contribution is 2.37. The highest BCUT2D eigenvalue weighted by atomic mass is 19.1. The highest BCUT2D eigenvalue weighted by Gasteiger charge is 2.41. The standard InChI is InChI=1S/C24H27FN4O2.C22H24FN3O.C3H6O2/c1-24(2)23-27-22(17-6-8-18(25)9-7-17)20(14-16-4-10-19(31-3)11-5-16)28(23)12-13-29(24)21(30)15-26;1-22(2)21-25-20(16-6-8-17(23)9-7-16)19(26(21)13-12-24-22)14-15-4-10-18(27-3)11-5-15;1-2-3(4)5/h4-11H,12-15,26H2,1-3H3;4-11,24H,12-14H2,1-3H3;2H2,1H3,(H,4,5). The molecular weight excluding hydrogens is 805 g/mol. The maximum atomic E-state index is 13.6. The SMILES string of the molecule is CCC(=O)O.COc1ccc(Cc2c(-c3ccc(F)cc3)nc3n2CCN(C(=O)CN)C3(C)C)cc1.COc1ccc(Cc2c(-c3ccc(F)cc3)nc3n2CCNC3(C)C)cc1. The number of carbonyl (C=O) groups excluding carboxylic acids is 1. The van der Waals surface area contributed by atoms with Crippen LogP contribution in [0.25, 0.3) is 22.5 Å². The third kappa shape index (κ3) is 10.5. The Morgan fingerprint density at radius 1 is 0.698 bits per heavy atom. The van der Waals surface area contributed by atoms with Crippen molar-refractivity contribution in [1.82, 2.24) is 29.3 Å². The molecule has 0 atom stereocenters. The number of nitrogens with zero attached hydrogens (tertiary/aromatic N) is 5. The van der Waals surface area contributed by atoms with E-state index in [0.29, 0.717) is 19.5 Å². The average molecular weight is 862 g/mol. The van der Waals surface area contributed by atoms with Crippen molar-refractivity contribution < 1.29 is 33.0 Å². The molecule has 6 aromatic rings. The van der Waals surface area contributed by atoms with Gasteiger partial charge >= 0.3 is 5.97 Å². The summed E-state index contributed by atoms with van der Waals surface area (Å²) < 4.78 is 42.0. The van der Waals surface area contributed by atoms with Crippen molar-refractivity contribution in [2.24, 2.45) is 5.73 Å². The number of nitrogens with one attached hydrogen (secondary N) is 1. The molecule has 8 rings (SSSR count). The predicted molar refractivity (Wildman–Crippen MR) is 240 cm³/mol. The number of imidazole rings is 2. The predicted octanol–water partition coefficient (Wildman–Crippen LogP) is 7.93. The van der Waals surface area contributed by atoms with Crippen molar-refractivity contribution >= 4 is 11.9 Å².